The summed E-state index contributed by atoms with van der Waals surface area (Å²) >= 11 is 0. The van der Waals surface area contributed by atoms with Crippen molar-refractivity contribution in [3.8, 4) is 0 Å². The third kappa shape index (κ3) is 2.04. The molecule has 7 heteroatoms. The second-order valence-corrected chi connectivity index (χ2v) is 6.10. The third-order valence-electron chi connectivity index (χ3n) is 5.03. The van der Waals surface area contributed by atoms with Crippen LogP contribution in [-0.2, 0) is 28.7 Å². The van der Waals surface area contributed by atoms with Crippen molar-refractivity contribution < 1.29 is 28.7 Å². The number of carbonyl (C=O) groups is 4. The summed E-state index contributed by atoms with van der Waals surface area (Å²) in [5, 5.41) is 2.47. The fourth-order valence-corrected chi connectivity index (χ4v) is 3.94. The molecule has 1 saturated carbocycles. The summed E-state index contributed by atoms with van der Waals surface area (Å²) in [6.07, 6.45) is 0.0201. The number of rotatable bonds is 5. The first-order valence-corrected chi connectivity index (χ1v) is 8.22. The summed E-state index contributed by atoms with van der Waals surface area (Å²) in [7, 11) is 0. The number of Topliss-reactive ketones (excluding diaryl/α,β-unsaturated/α-hetero) is 1. The molecular formula is C18H19NO6. The van der Waals surface area contributed by atoms with Gasteiger partial charge in [0.25, 0.3) is 5.91 Å². The highest BCUT2D eigenvalue weighted by Crippen LogP contribution is 2.63. The molecule has 132 valence electrons. The first-order chi connectivity index (χ1) is 12.0. The Bertz CT molecular complexity index is 745. The lowest BCUT2D eigenvalue weighted by molar-refractivity contribution is -0.187. The van der Waals surface area contributed by atoms with E-state index in [1.54, 1.807) is 38.1 Å². The third-order valence-corrected chi connectivity index (χ3v) is 5.03. The van der Waals surface area contributed by atoms with Crippen molar-refractivity contribution >= 4 is 23.6 Å². The number of hydrogen-bond acceptors (Lipinski definition) is 6. The van der Waals surface area contributed by atoms with E-state index in [-0.39, 0.29) is 19.6 Å². The number of carbonyl (C=O) groups excluding carboxylic acids is 4. The van der Waals surface area contributed by atoms with E-state index in [2.05, 4.69) is 5.32 Å². The van der Waals surface area contributed by atoms with Crippen molar-refractivity contribution in [1.29, 1.82) is 0 Å². The number of ketones is 1. The molecule has 1 N–H and O–H groups in total. The van der Waals surface area contributed by atoms with Crippen LogP contribution in [0.2, 0.25) is 0 Å². The Balaban J connectivity index is 2.15. The van der Waals surface area contributed by atoms with Crippen LogP contribution >= 0.6 is 0 Å². The van der Waals surface area contributed by atoms with Gasteiger partial charge in [0.05, 0.1) is 13.2 Å². The van der Waals surface area contributed by atoms with Crippen molar-refractivity contribution in [1.82, 2.24) is 5.32 Å². The topological polar surface area (TPSA) is 98.8 Å². The SMILES string of the molecule is CCOC(=O)[C@]12C[C@@H](c3ccccc3)[C@]1(C(=O)OCC)NC(=O)C2=O. The smallest absolute Gasteiger partial charge is 0.334 e. The van der Waals surface area contributed by atoms with E-state index in [4.69, 9.17) is 9.47 Å². The fourth-order valence-electron chi connectivity index (χ4n) is 3.94. The number of hydrogen-bond donors (Lipinski definition) is 1. The zero-order chi connectivity index (χ0) is 18.2. The van der Waals surface area contributed by atoms with Gasteiger partial charge in [0.1, 0.15) is 0 Å². The van der Waals surface area contributed by atoms with E-state index in [1.165, 1.54) is 0 Å². The number of benzene rings is 1. The summed E-state index contributed by atoms with van der Waals surface area (Å²) in [5.41, 5.74) is -2.89. The standard InChI is InChI=1S/C18H19NO6/c1-3-24-15(22)17-10-12(11-8-6-5-7-9-11)18(17,16(23)25-4-2)19-14(21)13(17)20/h5-9,12H,3-4,10H2,1-2H3,(H,19,21)/t12-,17+,18+/m0/s1. The normalized spacial score (nSPS) is 30.1. The summed E-state index contributed by atoms with van der Waals surface area (Å²) < 4.78 is 10.2. The molecule has 0 unspecified atom stereocenters. The second kappa shape index (κ2) is 5.98. The van der Waals surface area contributed by atoms with Gasteiger partial charge in [-0.05, 0) is 25.8 Å². The van der Waals surface area contributed by atoms with Crippen LogP contribution in [0.1, 0.15) is 31.7 Å². The van der Waals surface area contributed by atoms with Gasteiger partial charge >= 0.3 is 11.9 Å². The number of fused-ring (bicyclic) bond motifs is 1. The molecule has 2 fully saturated rings. The van der Waals surface area contributed by atoms with E-state index in [0.29, 0.717) is 0 Å². The summed E-state index contributed by atoms with van der Waals surface area (Å²) in [6.45, 7) is 3.32. The molecule has 1 saturated heterocycles. The van der Waals surface area contributed by atoms with Crippen molar-refractivity contribution in [2.75, 3.05) is 13.2 Å². The van der Waals surface area contributed by atoms with Gasteiger partial charge in [-0.3, -0.25) is 14.4 Å². The van der Waals surface area contributed by atoms with E-state index in [1.807, 2.05) is 6.07 Å². The Morgan fingerprint density at radius 3 is 2.28 bits per heavy atom. The Morgan fingerprint density at radius 2 is 1.68 bits per heavy atom. The molecule has 0 radical (unpaired) electrons. The molecule has 0 spiro atoms. The van der Waals surface area contributed by atoms with E-state index >= 15 is 0 Å². The molecule has 7 nitrogen and oxygen atoms in total. The number of nitrogens with one attached hydrogen (secondary N) is 1. The lowest BCUT2D eigenvalue weighted by Crippen LogP contribution is -2.74. The van der Waals surface area contributed by atoms with Crippen molar-refractivity contribution in [3.63, 3.8) is 0 Å². The Hall–Kier alpha value is -2.70. The fraction of sp³-hybridized carbons (Fsp3) is 0.444. The lowest BCUT2D eigenvalue weighted by atomic mass is 9.47. The van der Waals surface area contributed by atoms with Crippen LogP contribution in [0.25, 0.3) is 0 Å². The highest BCUT2D eigenvalue weighted by atomic mass is 16.5. The monoisotopic (exact) mass is 345 g/mol. The minimum absolute atomic E-state index is 0.0201. The quantitative estimate of drug-likeness (QED) is 0.480. The maximum absolute atomic E-state index is 12.8. The highest BCUT2D eigenvalue weighted by molar-refractivity contribution is 6.47. The average Bonchev–Trinajstić information content (AvgIpc) is 2.75. The number of ether oxygens (including phenoxy) is 2. The minimum atomic E-state index is -1.87. The zero-order valence-electron chi connectivity index (χ0n) is 14.0. The van der Waals surface area contributed by atoms with E-state index < -0.39 is 40.5 Å². The largest absolute Gasteiger partial charge is 0.465 e. The first kappa shape index (κ1) is 17.1. The van der Waals surface area contributed by atoms with Gasteiger partial charge in [-0.25, -0.2) is 4.79 Å². The molecule has 1 aliphatic heterocycles. The number of esters is 2. The van der Waals surface area contributed by atoms with Crippen LogP contribution in [0.5, 0.6) is 0 Å². The molecule has 3 atom stereocenters. The predicted octanol–water partition coefficient (Wildman–Crippen LogP) is 0.724. The minimum Gasteiger partial charge on any atom is -0.465 e. The van der Waals surface area contributed by atoms with Gasteiger partial charge in [-0.1, -0.05) is 30.3 Å². The molecule has 25 heavy (non-hydrogen) atoms. The molecule has 1 aromatic rings. The van der Waals surface area contributed by atoms with Crippen molar-refractivity contribution in [3.05, 3.63) is 35.9 Å². The van der Waals surface area contributed by atoms with Crippen LogP contribution < -0.4 is 5.32 Å². The lowest BCUT2D eigenvalue weighted by Gasteiger charge is -2.54. The molecule has 2 aliphatic rings. The van der Waals surface area contributed by atoms with Gasteiger partial charge in [0.15, 0.2) is 11.0 Å². The Labute approximate surface area is 144 Å². The van der Waals surface area contributed by atoms with Gasteiger partial charge < -0.3 is 14.8 Å². The van der Waals surface area contributed by atoms with Gasteiger partial charge in [0.2, 0.25) is 5.78 Å². The predicted molar refractivity (Wildman–Crippen MR) is 85.4 cm³/mol. The summed E-state index contributed by atoms with van der Waals surface area (Å²) in [5.74, 6) is -4.10. The molecule has 0 aromatic heterocycles. The van der Waals surface area contributed by atoms with Crippen molar-refractivity contribution in [2.45, 2.75) is 31.7 Å². The number of amides is 1. The molecule has 1 amide bonds. The summed E-state index contributed by atoms with van der Waals surface area (Å²) in [6, 6.07) is 8.97. The van der Waals surface area contributed by atoms with Gasteiger partial charge in [-0.15, -0.1) is 0 Å². The van der Waals surface area contributed by atoms with E-state index in [9.17, 15) is 19.2 Å². The molecule has 3 rings (SSSR count). The van der Waals surface area contributed by atoms with Crippen LogP contribution in [0.3, 0.4) is 0 Å². The maximum atomic E-state index is 12.8. The second-order valence-electron chi connectivity index (χ2n) is 6.10. The Morgan fingerprint density at radius 1 is 1.08 bits per heavy atom. The van der Waals surface area contributed by atoms with Crippen LogP contribution in [0, 0.1) is 5.41 Å². The summed E-state index contributed by atoms with van der Waals surface area (Å²) in [4.78, 5) is 50.2. The maximum Gasteiger partial charge on any atom is 0.334 e. The highest BCUT2D eigenvalue weighted by Gasteiger charge is 2.83. The first-order valence-electron chi connectivity index (χ1n) is 8.22. The van der Waals surface area contributed by atoms with Gasteiger partial charge in [-0.2, -0.15) is 0 Å². The van der Waals surface area contributed by atoms with Gasteiger partial charge in [0, 0.05) is 5.92 Å². The Kier molecular flexibility index (Phi) is 4.10. The molecular weight excluding hydrogens is 326 g/mol. The van der Waals surface area contributed by atoms with Crippen LogP contribution in [0.4, 0.5) is 0 Å². The zero-order valence-corrected chi connectivity index (χ0v) is 14.0. The van der Waals surface area contributed by atoms with Crippen LogP contribution in [0.15, 0.2) is 30.3 Å². The van der Waals surface area contributed by atoms with E-state index in [0.717, 1.165) is 5.56 Å². The molecule has 0 bridgehead atoms. The molecule has 1 aromatic carbocycles. The van der Waals surface area contributed by atoms with Crippen molar-refractivity contribution in [2.24, 2.45) is 5.41 Å². The average molecular weight is 345 g/mol. The molecule has 1 aliphatic carbocycles. The van der Waals surface area contributed by atoms with Crippen LogP contribution in [-0.4, -0.2) is 42.4 Å². The molecule has 1 heterocycles.